The van der Waals surface area contributed by atoms with Crippen LogP contribution in [0.4, 0.5) is 5.69 Å². The lowest BCUT2D eigenvalue weighted by Gasteiger charge is -2.08. The number of rotatable bonds is 4. The molecule has 2 aromatic heterocycles. The third-order valence-electron chi connectivity index (χ3n) is 3.43. The van der Waals surface area contributed by atoms with Crippen molar-refractivity contribution in [2.24, 2.45) is 0 Å². The van der Waals surface area contributed by atoms with Crippen molar-refractivity contribution in [1.82, 2.24) is 4.98 Å². The topological polar surface area (TPSA) is 65.8 Å². The predicted octanol–water partition coefficient (Wildman–Crippen LogP) is 5.38. The van der Waals surface area contributed by atoms with Crippen molar-refractivity contribution in [2.75, 3.05) is 5.32 Å². The van der Waals surface area contributed by atoms with E-state index in [1.54, 1.807) is 36.5 Å². The van der Waals surface area contributed by atoms with Crippen molar-refractivity contribution < 1.29 is 4.79 Å². The number of nitrogens with one attached hydrogen (secondary N) is 1. The summed E-state index contributed by atoms with van der Waals surface area (Å²) in [5.41, 5.74) is 1.91. The standard InChI is InChI=1S/C18H12ClN3OS2/c1-11-14(19)4-2-5-15(11)22-17(23)12(9-20)8-13-10-25-18(21-13)16-6-3-7-24-16/h2-8,10H,1H3,(H,22,23)/b12-8+. The number of carbonyl (C=O) groups is 1. The van der Waals surface area contributed by atoms with Gasteiger partial charge in [0.1, 0.15) is 16.6 Å². The van der Waals surface area contributed by atoms with Gasteiger partial charge in [-0.1, -0.05) is 23.7 Å². The number of hydrogen-bond acceptors (Lipinski definition) is 5. The SMILES string of the molecule is Cc1c(Cl)cccc1NC(=O)/C(C#N)=C/c1csc(-c2cccs2)n1. The van der Waals surface area contributed by atoms with Gasteiger partial charge < -0.3 is 5.32 Å². The van der Waals surface area contributed by atoms with Crippen LogP contribution in [0.3, 0.4) is 0 Å². The number of nitriles is 1. The number of nitrogens with zero attached hydrogens (tertiary/aromatic N) is 2. The number of anilines is 1. The largest absolute Gasteiger partial charge is 0.321 e. The highest BCUT2D eigenvalue weighted by atomic mass is 35.5. The number of halogens is 1. The molecule has 0 fully saturated rings. The first kappa shape index (κ1) is 17.4. The molecule has 4 nitrogen and oxygen atoms in total. The van der Waals surface area contributed by atoms with E-state index >= 15 is 0 Å². The zero-order valence-electron chi connectivity index (χ0n) is 13.1. The maximum absolute atomic E-state index is 12.4. The van der Waals surface area contributed by atoms with E-state index in [9.17, 15) is 10.1 Å². The average Bonchev–Trinajstić information content (AvgIpc) is 3.27. The molecule has 3 rings (SSSR count). The Kier molecular flexibility index (Phi) is 5.29. The molecular formula is C18H12ClN3OS2. The second-order valence-electron chi connectivity index (χ2n) is 5.09. The molecule has 25 heavy (non-hydrogen) atoms. The Balaban J connectivity index is 1.82. The molecule has 124 valence electrons. The Morgan fingerprint density at radius 2 is 2.16 bits per heavy atom. The lowest BCUT2D eigenvalue weighted by molar-refractivity contribution is -0.112. The van der Waals surface area contributed by atoms with Crippen molar-refractivity contribution in [3.63, 3.8) is 0 Å². The smallest absolute Gasteiger partial charge is 0.266 e. The van der Waals surface area contributed by atoms with Crippen molar-refractivity contribution in [3.05, 3.63) is 62.9 Å². The Labute approximate surface area is 158 Å². The molecule has 0 aliphatic rings. The maximum Gasteiger partial charge on any atom is 0.266 e. The summed E-state index contributed by atoms with van der Waals surface area (Å²) in [7, 11) is 0. The highest BCUT2D eigenvalue weighted by molar-refractivity contribution is 7.20. The molecule has 3 aromatic rings. The fourth-order valence-corrected chi connectivity index (χ4v) is 3.86. The molecule has 0 spiro atoms. The van der Waals surface area contributed by atoms with Crippen molar-refractivity contribution in [1.29, 1.82) is 5.26 Å². The van der Waals surface area contributed by atoms with Crippen molar-refractivity contribution in [2.45, 2.75) is 6.92 Å². The molecule has 1 N–H and O–H groups in total. The van der Waals surface area contributed by atoms with Gasteiger partial charge in [0, 0.05) is 16.1 Å². The Morgan fingerprint density at radius 1 is 1.32 bits per heavy atom. The molecule has 0 saturated carbocycles. The molecule has 0 bridgehead atoms. The van der Waals surface area contributed by atoms with Crippen molar-refractivity contribution in [3.8, 4) is 16.0 Å². The molecule has 7 heteroatoms. The highest BCUT2D eigenvalue weighted by Crippen LogP contribution is 2.28. The van der Waals surface area contributed by atoms with Crippen LogP contribution in [-0.4, -0.2) is 10.9 Å². The predicted molar refractivity (Wildman–Crippen MR) is 104 cm³/mol. The number of thiophene rings is 1. The fraction of sp³-hybridized carbons (Fsp3) is 0.0556. The minimum absolute atomic E-state index is 0.0117. The fourth-order valence-electron chi connectivity index (χ4n) is 2.09. The van der Waals surface area contributed by atoms with E-state index < -0.39 is 5.91 Å². The second kappa shape index (κ2) is 7.62. The van der Waals surface area contributed by atoms with E-state index in [1.807, 2.05) is 29.0 Å². The molecular weight excluding hydrogens is 374 g/mol. The molecule has 0 unspecified atom stereocenters. The Hall–Kier alpha value is -2.46. The first-order valence-electron chi connectivity index (χ1n) is 7.26. The van der Waals surface area contributed by atoms with Gasteiger partial charge in [0.05, 0.1) is 10.6 Å². The second-order valence-corrected chi connectivity index (χ2v) is 7.30. The van der Waals surface area contributed by atoms with Gasteiger partial charge in [-0.3, -0.25) is 4.79 Å². The van der Waals surface area contributed by atoms with Gasteiger partial charge in [0.2, 0.25) is 0 Å². The van der Waals surface area contributed by atoms with E-state index in [1.165, 1.54) is 17.4 Å². The zero-order valence-corrected chi connectivity index (χ0v) is 15.5. The third-order valence-corrected chi connectivity index (χ3v) is 5.74. The summed E-state index contributed by atoms with van der Waals surface area (Å²) in [6.07, 6.45) is 1.49. The number of amides is 1. The minimum Gasteiger partial charge on any atom is -0.321 e. The quantitative estimate of drug-likeness (QED) is 0.484. The number of benzene rings is 1. The van der Waals surface area contributed by atoms with Crippen molar-refractivity contribution >= 4 is 51.9 Å². The molecule has 1 amide bonds. The molecule has 0 saturated heterocycles. The van der Waals surface area contributed by atoms with Gasteiger partial charge in [-0.25, -0.2) is 4.98 Å². The molecule has 0 atom stereocenters. The lowest BCUT2D eigenvalue weighted by Crippen LogP contribution is -2.14. The molecule has 0 aliphatic carbocycles. The van der Waals surface area contributed by atoms with Gasteiger partial charge in [0.15, 0.2) is 0 Å². The van der Waals surface area contributed by atoms with E-state index in [0.717, 1.165) is 15.4 Å². The number of carbonyl (C=O) groups excluding carboxylic acids is 1. The summed E-state index contributed by atoms with van der Waals surface area (Å²) in [6, 6.07) is 11.1. The summed E-state index contributed by atoms with van der Waals surface area (Å²) >= 11 is 9.12. The molecule has 2 heterocycles. The minimum atomic E-state index is -0.487. The van der Waals surface area contributed by atoms with Crippen LogP contribution in [0.15, 0.2) is 46.7 Å². The Morgan fingerprint density at radius 3 is 2.88 bits per heavy atom. The average molecular weight is 386 g/mol. The number of hydrogen-bond donors (Lipinski definition) is 1. The van der Waals surface area contributed by atoms with E-state index in [0.29, 0.717) is 16.4 Å². The lowest BCUT2D eigenvalue weighted by atomic mass is 10.1. The van der Waals surface area contributed by atoms with Crippen LogP contribution < -0.4 is 5.32 Å². The van der Waals surface area contributed by atoms with E-state index in [2.05, 4.69) is 10.3 Å². The van der Waals surface area contributed by atoms with Gasteiger partial charge in [-0.2, -0.15) is 5.26 Å². The van der Waals surface area contributed by atoms with E-state index in [4.69, 9.17) is 11.6 Å². The summed E-state index contributed by atoms with van der Waals surface area (Å²) in [5.74, 6) is -0.487. The summed E-state index contributed by atoms with van der Waals surface area (Å²) in [6.45, 7) is 1.81. The van der Waals surface area contributed by atoms with Crippen LogP contribution in [0.1, 0.15) is 11.3 Å². The van der Waals surface area contributed by atoms with E-state index in [-0.39, 0.29) is 5.57 Å². The summed E-state index contributed by atoms with van der Waals surface area (Å²) < 4.78 is 0. The molecule has 0 radical (unpaired) electrons. The van der Waals surface area contributed by atoms with Gasteiger partial charge in [-0.05, 0) is 42.1 Å². The first-order valence-corrected chi connectivity index (χ1v) is 9.40. The van der Waals surface area contributed by atoms with Gasteiger partial charge in [-0.15, -0.1) is 22.7 Å². The third kappa shape index (κ3) is 3.97. The van der Waals surface area contributed by atoms with Crippen LogP contribution in [0, 0.1) is 18.3 Å². The summed E-state index contributed by atoms with van der Waals surface area (Å²) in [5, 5.41) is 17.3. The van der Waals surface area contributed by atoms with Crippen LogP contribution in [-0.2, 0) is 4.79 Å². The zero-order chi connectivity index (χ0) is 17.8. The van der Waals surface area contributed by atoms with Crippen LogP contribution in [0.25, 0.3) is 16.0 Å². The summed E-state index contributed by atoms with van der Waals surface area (Å²) in [4.78, 5) is 17.9. The maximum atomic E-state index is 12.4. The van der Waals surface area contributed by atoms with Gasteiger partial charge >= 0.3 is 0 Å². The van der Waals surface area contributed by atoms with Crippen LogP contribution >= 0.6 is 34.3 Å². The Bertz CT molecular complexity index is 984. The molecule has 0 aliphatic heterocycles. The first-order chi connectivity index (χ1) is 12.1. The highest BCUT2D eigenvalue weighted by Gasteiger charge is 2.13. The van der Waals surface area contributed by atoms with Crippen LogP contribution in [0.5, 0.6) is 0 Å². The van der Waals surface area contributed by atoms with Crippen LogP contribution in [0.2, 0.25) is 5.02 Å². The van der Waals surface area contributed by atoms with Gasteiger partial charge in [0.25, 0.3) is 5.91 Å². The number of thiazole rings is 1. The monoisotopic (exact) mass is 385 g/mol. The number of aromatic nitrogens is 1. The molecule has 1 aromatic carbocycles. The normalized spacial score (nSPS) is 11.2.